The first-order chi connectivity index (χ1) is 9.44. The van der Waals surface area contributed by atoms with Crippen LogP contribution in [0.15, 0.2) is 35.7 Å². The summed E-state index contributed by atoms with van der Waals surface area (Å²) in [5.41, 5.74) is 7.12. The number of anilines is 1. The maximum Gasteiger partial charge on any atom is 0.262 e. The summed E-state index contributed by atoms with van der Waals surface area (Å²) < 4.78 is 27.2. The summed E-state index contributed by atoms with van der Waals surface area (Å²) in [7, 11) is -3.77. The summed E-state index contributed by atoms with van der Waals surface area (Å²) in [6, 6.07) is 3.05. The largest absolute Gasteiger partial charge is 0.326 e. The number of aromatic nitrogens is 2. The Bertz CT molecular complexity index is 720. The zero-order chi connectivity index (χ0) is 14.8. The molecule has 0 aliphatic carbocycles. The fourth-order valence-corrected chi connectivity index (χ4v) is 3.41. The van der Waals surface area contributed by atoms with E-state index in [9.17, 15) is 8.42 Å². The normalized spacial score (nSPS) is 11.3. The smallest absolute Gasteiger partial charge is 0.262 e. The highest BCUT2D eigenvalue weighted by atomic mass is 35.5. The van der Waals surface area contributed by atoms with E-state index >= 15 is 0 Å². The summed E-state index contributed by atoms with van der Waals surface area (Å²) in [6.45, 7) is 1.90. The zero-order valence-electron chi connectivity index (χ0n) is 10.7. The number of nitrogens with one attached hydrogen (secondary N) is 1. The minimum atomic E-state index is -3.77. The summed E-state index contributed by atoms with van der Waals surface area (Å²) in [5, 5.41) is 0.320. The molecule has 0 unspecified atom stereocenters. The molecule has 2 aromatic rings. The molecular weight excluding hydrogens is 300 g/mol. The van der Waals surface area contributed by atoms with E-state index in [0.717, 1.165) is 0 Å². The van der Waals surface area contributed by atoms with E-state index < -0.39 is 10.0 Å². The quantitative estimate of drug-likeness (QED) is 0.895. The maximum absolute atomic E-state index is 12.4. The van der Waals surface area contributed by atoms with Crippen LogP contribution in [0, 0.1) is 6.92 Å². The number of nitrogens with zero attached hydrogens (tertiary/aromatic N) is 2. The van der Waals surface area contributed by atoms with Crippen LogP contribution in [0.2, 0.25) is 5.02 Å². The molecule has 0 atom stereocenters. The van der Waals surface area contributed by atoms with E-state index in [0.29, 0.717) is 16.1 Å². The van der Waals surface area contributed by atoms with Crippen molar-refractivity contribution in [1.82, 2.24) is 9.97 Å². The monoisotopic (exact) mass is 312 g/mol. The molecule has 1 aromatic heterocycles. The van der Waals surface area contributed by atoms with Gasteiger partial charge in [-0.3, -0.25) is 4.72 Å². The van der Waals surface area contributed by atoms with Gasteiger partial charge in [0.1, 0.15) is 6.33 Å². The van der Waals surface area contributed by atoms with Crippen LogP contribution in [0.5, 0.6) is 0 Å². The minimum absolute atomic E-state index is 0.0919. The summed E-state index contributed by atoms with van der Waals surface area (Å²) in [5.74, 6) is 0. The van der Waals surface area contributed by atoms with Gasteiger partial charge in [-0.25, -0.2) is 18.4 Å². The third-order valence-electron chi connectivity index (χ3n) is 2.75. The van der Waals surface area contributed by atoms with Crippen LogP contribution in [0.1, 0.15) is 11.1 Å². The molecule has 0 saturated heterocycles. The zero-order valence-corrected chi connectivity index (χ0v) is 12.2. The van der Waals surface area contributed by atoms with E-state index in [-0.39, 0.29) is 17.1 Å². The number of sulfonamides is 1. The molecule has 0 aliphatic rings. The lowest BCUT2D eigenvalue weighted by Gasteiger charge is -2.13. The Morgan fingerprint density at radius 3 is 2.55 bits per heavy atom. The van der Waals surface area contributed by atoms with E-state index in [1.54, 1.807) is 13.0 Å². The Hall–Kier alpha value is -1.70. The fourth-order valence-electron chi connectivity index (χ4n) is 1.76. The first-order valence-corrected chi connectivity index (χ1v) is 7.57. The molecule has 0 aliphatic heterocycles. The van der Waals surface area contributed by atoms with Crippen LogP contribution in [0.25, 0.3) is 0 Å². The molecular formula is C12H13ClN4O2S. The van der Waals surface area contributed by atoms with Gasteiger partial charge in [0.15, 0.2) is 0 Å². The third-order valence-corrected chi connectivity index (χ3v) is 4.48. The Labute approximate surface area is 122 Å². The lowest BCUT2D eigenvalue weighted by Crippen LogP contribution is -2.16. The van der Waals surface area contributed by atoms with Crippen LogP contribution in [-0.2, 0) is 16.6 Å². The number of halogens is 1. The van der Waals surface area contributed by atoms with E-state index in [1.165, 1.54) is 24.8 Å². The number of benzene rings is 1. The minimum Gasteiger partial charge on any atom is -0.326 e. The number of rotatable bonds is 4. The molecule has 6 nitrogen and oxygen atoms in total. The van der Waals surface area contributed by atoms with Crippen molar-refractivity contribution in [1.29, 1.82) is 0 Å². The first-order valence-electron chi connectivity index (χ1n) is 5.71. The molecule has 8 heteroatoms. The molecule has 0 saturated carbocycles. The first kappa shape index (κ1) is 14.7. The Kier molecular flexibility index (Phi) is 4.22. The van der Waals surface area contributed by atoms with Gasteiger partial charge in [-0.15, -0.1) is 0 Å². The molecule has 106 valence electrons. The van der Waals surface area contributed by atoms with Crippen molar-refractivity contribution >= 4 is 27.3 Å². The van der Waals surface area contributed by atoms with Crippen molar-refractivity contribution < 1.29 is 8.42 Å². The van der Waals surface area contributed by atoms with Gasteiger partial charge in [0.05, 0.1) is 23.0 Å². The molecule has 20 heavy (non-hydrogen) atoms. The van der Waals surface area contributed by atoms with Crippen molar-refractivity contribution in [2.75, 3.05) is 4.72 Å². The standard InChI is InChI=1S/C12H13ClN4O2S/c1-8-9(4-14)2-10(13)3-12(8)20(18,19)17-11-5-15-7-16-6-11/h2-3,5-7,17H,4,14H2,1H3. The lowest BCUT2D eigenvalue weighted by molar-refractivity contribution is 0.600. The van der Waals surface area contributed by atoms with Crippen molar-refractivity contribution in [3.05, 3.63) is 47.0 Å². The number of nitrogens with two attached hydrogens (primary N) is 1. The van der Waals surface area contributed by atoms with Gasteiger partial charge < -0.3 is 5.73 Å². The predicted octanol–water partition coefficient (Wildman–Crippen LogP) is 1.70. The van der Waals surface area contributed by atoms with Crippen LogP contribution in [0.4, 0.5) is 5.69 Å². The van der Waals surface area contributed by atoms with Crippen LogP contribution < -0.4 is 10.5 Å². The molecule has 3 N–H and O–H groups in total. The van der Waals surface area contributed by atoms with Crippen molar-refractivity contribution in [3.8, 4) is 0 Å². The SMILES string of the molecule is Cc1c(CN)cc(Cl)cc1S(=O)(=O)Nc1cncnc1. The fraction of sp³-hybridized carbons (Fsp3) is 0.167. The molecule has 1 aromatic carbocycles. The van der Waals surface area contributed by atoms with Crippen LogP contribution in [-0.4, -0.2) is 18.4 Å². The Morgan fingerprint density at radius 2 is 1.95 bits per heavy atom. The summed E-state index contributed by atoms with van der Waals surface area (Å²) in [6.07, 6.45) is 4.05. The average Bonchev–Trinajstić information content (AvgIpc) is 2.41. The highest BCUT2D eigenvalue weighted by molar-refractivity contribution is 7.92. The second-order valence-corrected chi connectivity index (χ2v) is 6.21. The average molecular weight is 313 g/mol. The van der Waals surface area contributed by atoms with Crippen molar-refractivity contribution in [2.24, 2.45) is 5.73 Å². The topological polar surface area (TPSA) is 98.0 Å². The van der Waals surface area contributed by atoms with Gasteiger partial charge in [0.2, 0.25) is 0 Å². The van der Waals surface area contributed by atoms with Gasteiger partial charge >= 0.3 is 0 Å². The van der Waals surface area contributed by atoms with Gasteiger partial charge in [0, 0.05) is 11.6 Å². The van der Waals surface area contributed by atoms with Crippen LogP contribution in [0.3, 0.4) is 0 Å². The highest BCUT2D eigenvalue weighted by Gasteiger charge is 2.19. The van der Waals surface area contributed by atoms with Crippen LogP contribution >= 0.6 is 11.6 Å². The number of hydrogen-bond acceptors (Lipinski definition) is 5. The third kappa shape index (κ3) is 3.06. The molecule has 0 spiro atoms. The van der Waals surface area contributed by atoms with Gasteiger partial charge in [-0.1, -0.05) is 11.6 Å². The highest BCUT2D eigenvalue weighted by Crippen LogP contribution is 2.25. The van der Waals surface area contributed by atoms with E-state index in [1.807, 2.05) is 0 Å². The second-order valence-electron chi connectivity index (χ2n) is 4.12. The van der Waals surface area contributed by atoms with E-state index in [2.05, 4.69) is 14.7 Å². The van der Waals surface area contributed by atoms with Crippen molar-refractivity contribution in [3.63, 3.8) is 0 Å². The van der Waals surface area contributed by atoms with Gasteiger partial charge in [0.25, 0.3) is 10.0 Å². The van der Waals surface area contributed by atoms with Crippen molar-refractivity contribution in [2.45, 2.75) is 18.4 Å². The molecule has 0 radical (unpaired) electrons. The molecule has 0 amide bonds. The second kappa shape index (κ2) is 5.74. The Morgan fingerprint density at radius 1 is 1.30 bits per heavy atom. The predicted molar refractivity (Wildman–Crippen MR) is 76.9 cm³/mol. The summed E-state index contributed by atoms with van der Waals surface area (Å²) in [4.78, 5) is 7.60. The van der Waals surface area contributed by atoms with E-state index in [4.69, 9.17) is 17.3 Å². The van der Waals surface area contributed by atoms with Gasteiger partial charge in [-0.2, -0.15) is 0 Å². The van der Waals surface area contributed by atoms with Gasteiger partial charge in [-0.05, 0) is 30.2 Å². The lowest BCUT2D eigenvalue weighted by atomic mass is 10.1. The molecule has 0 fully saturated rings. The number of hydrogen-bond donors (Lipinski definition) is 2. The molecule has 2 rings (SSSR count). The maximum atomic E-state index is 12.4. The molecule has 0 bridgehead atoms. The molecule has 1 heterocycles. The summed E-state index contributed by atoms with van der Waals surface area (Å²) >= 11 is 5.94. The Balaban J connectivity index is 2.47.